The van der Waals surface area contributed by atoms with Crippen molar-refractivity contribution in [1.29, 1.82) is 0 Å². The van der Waals surface area contributed by atoms with Gasteiger partial charge in [0.15, 0.2) is 22.8 Å². The van der Waals surface area contributed by atoms with Crippen molar-refractivity contribution in [3.05, 3.63) is 73.4 Å². The lowest BCUT2D eigenvalue weighted by atomic mass is 9.87. The van der Waals surface area contributed by atoms with Crippen LogP contribution < -0.4 is 16.4 Å². The van der Waals surface area contributed by atoms with E-state index >= 15 is 0 Å². The Labute approximate surface area is 429 Å². The summed E-state index contributed by atoms with van der Waals surface area (Å²) in [7, 11) is -16.4. The number of carbonyl (C=O) groups excluding carboxylic acids is 3. The normalized spacial score (nSPS) is 20.0. The minimum atomic E-state index is -5.58. The number of rotatable bonds is 36. The van der Waals surface area contributed by atoms with Crippen molar-refractivity contribution in [2.75, 3.05) is 37.8 Å². The fraction of sp³-hybridized carbons (Fsp3) is 0.600. The number of phosphoric ester groups is 3. The summed E-state index contributed by atoms with van der Waals surface area (Å²) in [4.78, 5) is 88.5. The number of aromatic nitrogens is 4. The minimum absolute atomic E-state index is 0.0243. The lowest BCUT2D eigenvalue weighted by Gasteiger charge is -2.30. The van der Waals surface area contributed by atoms with E-state index in [4.69, 9.17) is 19.5 Å². The lowest BCUT2D eigenvalue weighted by Crippen LogP contribution is -2.46. The van der Waals surface area contributed by atoms with Gasteiger partial charge in [-0.1, -0.05) is 106 Å². The van der Waals surface area contributed by atoms with Gasteiger partial charge in [-0.05, 0) is 57.8 Å². The van der Waals surface area contributed by atoms with Gasteiger partial charge >= 0.3 is 23.5 Å². The highest BCUT2D eigenvalue weighted by molar-refractivity contribution is 8.13. The molecule has 3 heterocycles. The maximum absolute atomic E-state index is 12.8. The van der Waals surface area contributed by atoms with E-state index in [0.717, 1.165) is 73.9 Å². The first kappa shape index (κ1) is 63.6. The fourth-order valence-corrected chi connectivity index (χ4v) is 10.3. The standard InChI is InChI=1S/C45H72N7O17P3S/c1-4-5-6-7-8-9-10-11-12-13-14-15-16-17-18-19-20-21-22-23-24-25-36(54)73-29-28-47-35(53)26-27-48-43(57)40(56)45(2,3)31-66-72(63,64)69-71(61,62)65-30-34-39(68-70(58,59)60)38(55)44(67-34)52-33-51-37-41(46)49-32-50-42(37)52/h8-9,11-12,14-15,17-18,20-21,32-34,38-40,44,55-56H,4-7,10,13,16,19,22-31H2,1-3H3,(H,47,53)(H,48,57)(H,61,62)(H,63,64)(H2,46,49,50)(H2,58,59,60)/b9-8-,12-11-,15-14-,18-17-,21-20-/t34-,38?,39?,40+,44-/m1/s1. The number of hydrogen-bond donors (Lipinski definition) is 9. The van der Waals surface area contributed by atoms with Crippen LogP contribution in [0, 0.1) is 5.41 Å². The van der Waals surface area contributed by atoms with Crippen molar-refractivity contribution in [1.82, 2.24) is 30.2 Å². The number of imidazole rings is 1. The van der Waals surface area contributed by atoms with E-state index in [0.29, 0.717) is 12.2 Å². The second kappa shape index (κ2) is 32.6. The van der Waals surface area contributed by atoms with E-state index in [-0.39, 0.29) is 41.6 Å². The lowest BCUT2D eigenvalue weighted by molar-refractivity contribution is -0.137. The first-order valence-electron chi connectivity index (χ1n) is 23.9. The zero-order chi connectivity index (χ0) is 53.9. The number of nitrogens with one attached hydrogen (secondary N) is 2. The summed E-state index contributed by atoms with van der Waals surface area (Å²) in [5, 5.41) is 26.6. The summed E-state index contributed by atoms with van der Waals surface area (Å²) < 4.78 is 62.5. The Morgan fingerprint density at radius 3 is 2.03 bits per heavy atom. The van der Waals surface area contributed by atoms with Crippen molar-refractivity contribution < 1.29 is 80.5 Å². The van der Waals surface area contributed by atoms with Crippen LogP contribution in [-0.2, 0) is 50.7 Å². The second-order valence-corrected chi connectivity index (χ2v) is 22.7. The molecule has 1 aliphatic heterocycles. The molecular weight excluding hydrogens is 1040 g/mol. The Kier molecular flexibility index (Phi) is 28.4. The number of ether oxygens (including phenoxy) is 1. The molecule has 7 atom stereocenters. The molecule has 4 unspecified atom stereocenters. The van der Waals surface area contributed by atoms with Gasteiger partial charge in [-0.2, -0.15) is 4.31 Å². The quantitative estimate of drug-likeness (QED) is 0.0210. The number of unbranched alkanes of at least 4 members (excludes halogenated alkanes) is 5. The number of nitrogens with zero attached hydrogens (tertiary/aromatic N) is 4. The number of fused-ring (bicyclic) bond motifs is 1. The largest absolute Gasteiger partial charge is 0.481 e. The van der Waals surface area contributed by atoms with Gasteiger partial charge in [-0.25, -0.2) is 28.6 Å². The third-order valence-electron chi connectivity index (χ3n) is 10.7. The topological polar surface area (TPSA) is 364 Å². The highest BCUT2D eigenvalue weighted by Gasteiger charge is 2.50. The van der Waals surface area contributed by atoms with Crippen molar-refractivity contribution in [3.63, 3.8) is 0 Å². The van der Waals surface area contributed by atoms with Crippen molar-refractivity contribution in [2.45, 2.75) is 135 Å². The molecule has 0 aliphatic carbocycles. The first-order chi connectivity index (χ1) is 34.6. The third kappa shape index (κ3) is 25.1. The van der Waals surface area contributed by atoms with Gasteiger partial charge in [0.2, 0.25) is 11.8 Å². The predicted molar refractivity (Wildman–Crippen MR) is 274 cm³/mol. The van der Waals surface area contributed by atoms with Crippen LogP contribution in [0.25, 0.3) is 11.2 Å². The number of aliphatic hydroxyl groups excluding tert-OH is 2. The van der Waals surface area contributed by atoms with Crippen LogP contribution in [0.4, 0.5) is 5.82 Å². The fourth-order valence-electron chi connectivity index (χ4n) is 6.73. The molecule has 0 radical (unpaired) electrons. The van der Waals surface area contributed by atoms with Gasteiger partial charge in [-0.3, -0.25) is 32.5 Å². The maximum atomic E-state index is 12.8. The number of aliphatic hydroxyl groups is 2. The highest BCUT2D eigenvalue weighted by Crippen LogP contribution is 2.61. The summed E-state index contributed by atoms with van der Waals surface area (Å²) >= 11 is 1.12. The van der Waals surface area contributed by atoms with Crippen LogP contribution in [0.15, 0.2) is 73.4 Å². The van der Waals surface area contributed by atoms with Crippen LogP contribution in [0.3, 0.4) is 0 Å². The molecule has 0 saturated carbocycles. The maximum Gasteiger partial charge on any atom is 0.481 e. The number of nitrogens with two attached hydrogens (primary N) is 1. The average Bonchev–Trinajstić information content (AvgIpc) is 3.88. The molecule has 1 fully saturated rings. The number of allylic oxidation sites excluding steroid dienone is 10. The number of thioether (sulfide) groups is 1. The van der Waals surface area contributed by atoms with E-state index in [1.807, 2.05) is 0 Å². The SMILES string of the molecule is CCCCC/C=C\C/C=C\C/C=C\C/C=C\C/C=C\CCCCC(=O)SCCNC(=O)CCNC(=O)[C@H](O)C(C)(C)COP(=O)(O)OP(=O)(O)OC[C@H]1O[C@@H](n2cnc3c(N)ncnc32)C(O)C1OP(=O)(O)O. The summed E-state index contributed by atoms with van der Waals surface area (Å²) in [6.45, 7) is 2.73. The molecule has 1 saturated heterocycles. The Bertz CT molecular complexity index is 2340. The van der Waals surface area contributed by atoms with Crippen LogP contribution in [0.5, 0.6) is 0 Å². The van der Waals surface area contributed by atoms with Gasteiger partial charge in [0.05, 0.1) is 19.5 Å². The third-order valence-corrected chi connectivity index (χ3v) is 14.7. The second-order valence-electron chi connectivity index (χ2n) is 17.3. The van der Waals surface area contributed by atoms with E-state index in [1.54, 1.807) is 0 Å². The molecule has 0 spiro atoms. The molecule has 28 heteroatoms. The Balaban J connectivity index is 1.26. The average molecular weight is 1110 g/mol. The van der Waals surface area contributed by atoms with Crippen LogP contribution in [0.2, 0.25) is 0 Å². The van der Waals surface area contributed by atoms with Gasteiger partial charge in [0.25, 0.3) is 0 Å². The Morgan fingerprint density at radius 1 is 0.836 bits per heavy atom. The summed E-state index contributed by atoms with van der Waals surface area (Å²) in [6.07, 6.45) is 26.4. The minimum Gasteiger partial charge on any atom is -0.386 e. The Morgan fingerprint density at radius 2 is 1.42 bits per heavy atom. The van der Waals surface area contributed by atoms with Gasteiger partial charge in [0, 0.05) is 37.1 Å². The highest BCUT2D eigenvalue weighted by atomic mass is 32.2. The van der Waals surface area contributed by atoms with E-state index < -0.39 is 84.6 Å². The van der Waals surface area contributed by atoms with Crippen molar-refractivity contribution >= 4 is 69.1 Å². The first-order valence-corrected chi connectivity index (χ1v) is 29.4. The molecule has 2 aromatic heterocycles. The number of amides is 2. The van der Waals surface area contributed by atoms with Crippen molar-refractivity contribution in [2.24, 2.45) is 5.41 Å². The zero-order valence-corrected chi connectivity index (χ0v) is 44.8. The molecule has 0 bridgehead atoms. The monoisotopic (exact) mass is 1110 g/mol. The molecule has 1 aliphatic rings. The number of carbonyl (C=O) groups is 3. The van der Waals surface area contributed by atoms with Crippen molar-refractivity contribution in [3.8, 4) is 0 Å². The van der Waals surface area contributed by atoms with Gasteiger partial charge < -0.3 is 50.9 Å². The van der Waals surface area contributed by atoms with Crippen LogP contribution in [-0.4, -0.2) is 123 Å². The number of nitrogen functional groups attached to an aromatic ring is 1. The number of phosphoric acid groups is 3. The molecule has 10 N–H and O–H groups in total. The van der Waals surface area contributed by atoms with Crippen LogP contribution in [0.1, 0.15) is 110 Å². The molecule has 410 valence electrons. The molecule has 2 amide bonds. The van der Waals surface area contributed by atoms with E-state index in [2.05, 4.69) is 102 Å². The zero-order valence-electron chi connectivity index (χ0n) is 41.3. The molecule has 73 heavy (non-hydrogen) atoms. The molecule has 24 nitrogen and oxygen atoms in total. The predicted octanol–water partition coefficient (Wildman–Crippen LogP) is 6.15. The molecule has 0 aromatic carbocycles. The summed E-state index contributed by atoms with van der Waals surface area (Å²) in [5.41, 5.74) is 4.28. The van der Waals surface area contributed by atoms with E-state index in [9.17, 15) is 57.9 Å². The number of anilines is 1. The number of hydrogen-bond acceptors (Lipinski definition) is 18. The van der Waals surface area contributed by atoms with Gasteiger partial charge in [0.1, 0.15) is 36.3 Å². The summed E-state index contributed by atoms with van der Waals surface area (Å²) in [6, 6.07) is 0. The molecular formula is C45H72N7O17P3S. The summed E-state index contributed by atoms with van der Waals surface area (Å²) in [5.74, 6) is -1.08. The molecule has 2 aromatic rings. The van der Waals surface area contributed by atoms with Crippen LogP contribution >= 0.6 is 35.2 Å². The smallest absolute Gasteiger partial charge is 0.386 e. The Hall–Kier alpha value is -3.74. The molecule has 3 rings (SSSR count). The van der Waals surface area contributed by atoms with Gasteiger partial charge in [-0.15, -0.1) is 0 Å². The van der Waals surface area contributed by atoms with E-state index in [1.165, 1.54) is 39.5 Å².